The van der Waals surface area contributed by atoms with E-state index in [0.29, 0.717) is 16.9 Å². The maximum atomic E-state index is 9.59. The standard InChI is InChI=1S/C10H11ClO/c1-6-5-8(6)7-3-2-4-9(11)10(7)12/h2-4,6,8,12H,5H2,1H3. The second kappa shape index (κ2) is 2.67. The van der Waals surface area contributed by atoms with Crippen LogP contribution in [0.1, 0.15) is 24.8 Å². The summed E-state index contributed by atoms with van der Waals surface area (Å²) in [5.74, 6) is 1.51. The molecule has 64 valence electrons. The molecular formula is C10H11ClO. The summed E-state index contributed by atoms with van der Waals surface area (Å²) >= 11 is 5.78. The van der Waals surface area contributed by atoms with Gasteiger partial charge >= 0.3 is 0 Å². The second-order valence-electron chi connectivity index (χ2n) is 3.50. The summed E-state index contributed by atoms with van der Waals surface area (Å²) in [5, 5.41) is 10.1. The van der Waals surface area contributed by atoms with Gasteiger partial charge in [0.05, 0.1) is 5.02 Å². The van der Waals surface area contributed by atoms with Crippen molar-refractivity contribution in [2.24, 2.45) is 5.92 Å². The Kier molecular flexibility index (Phi) is 1.76. The Balaban J connectivity index is 2.38. The Hall–Kier alpha value is -0.690. The summed E-state index contributed by atoms with van der Waals surface area (Å²) in [6.45, 7) is 2.19. The van der Waals surface area contributed by atoms with E-state index in [1.165, 1.54) is 6.42 Å². The van der Waals surface area contributed by atoms with Crippen molar-refractivity contribution in [3.05, 3.63) is 28.8 Å². The van der Waals surface area contributed by atoms with Crippen LogP contribution in [0.5, 0.6) is 5.75 Å². The van der Waals surface area contributed by atoms with Gasteiger partial charge in [0.15, 0.2) is 0 Å². The van der Waals surface area contributed by atoms with Crippen molar-refractivity contribution in [2.45, 2.75) is 19.3 Å². The molecule has 1 aromatic rings. The van der Waals surface area contributed by atoms with E-state index in [9.17, 15) is 5.11 Å². The van der Waals surface area contributed by atoms with Crippen molar-refractivity contribution in [1.29, 1.82) is 0 Å². The number of phenols is 1. The van der Waals surface area contributed by atoms with Crippen molar-refractivity contribution in [1.82, 2.24) is 0 Å². The molecule has 2 rings (SSSR count). The average Bonchev–Trinajstić information content (AvgIpc) is 2.73. The van der Waals surface area contributed by atoms with Crippen molar-refractivity contribution >= 4 is 11.6 Å². The van der Waals surface area contributed by atoms with Gasteiger partial charge < -0.3 is 5.11 Å². The first kappa shape index (κ1) is 7.93. The predicted octanol–water partition coefficient (Wildman–Crippen LogP) is 3.17. The molecule has 1 saturated carbocycles. The zero-order chi connectivity index (χ0) is 8.72. The molecule has 0 amide bonds. The van der Waals surface area contributed by atoms with Crippen molar-refractivity contribution in [3.63, 3.8) is 0 Å². The summed E-state index contributed by atoms with van der Waals surface area (Å²) in [7, 11) is 0. The number of rotatable bonds is 1. The molecule has 0 aliphatic heterocycles. The molecule has 2 unspecified atom stereocenters. The fourth-order valence-electron chi connectivity index (χ4n) is 1.59. The minimum atomic E-state index is 0.272. The maximum absolute atomic E-state index is 9.59. The monoisotopic (exact) mass is 182 g/mol. The number of para-hydroxylation sites is 1. The molecule has 0 saturated heterocycles. The molecule has 0 bridgehead atoms. The van der Waals surface area contributed by atoms with Crippen LogP contribution in [-0.4, -0.2) is 5.11 Å². The van der Waals surface area contributed by atoms with Crippen molar-refractivity contribution in [3.8, 4) is 5.75 Å². The summed E-state index contributed by atoms with van der Waals surface area (Å²) in [5.41, 5.74) is 1.01. The van der Waals surface area contributed by atoms with Crippen LogP contribution >= 0.6 is 11.6 Å². The molecule has 2 heteroatoms. The summed E-state index contributed by atoms with van der Waals surface area (Å²) in [6, 6.07) is 5.56. The number of phenolic OH excluding ortho intramolecular Hbond substituents is 1. The van der Waals surface area contributed by atoms with Crippen molar-refractivity contribution in [2.75, 3.05) is 0 Å². The van der Waals surface area contributed by atoms with Crippen LogP contribution in [0.3, 0.4) is 0 Å². The molecule has 1 nitrogen and oxygen atoms in total. The summed E-state index contributed by atoms with van der Waals surface area (Å²) in [4.78, 5) is 0. The highest BCUT2D eigenvalue weighted by atomic mass is 35.5. The van der Waals surface area contributed by atoms with Crippen LogP contribution in [0, 0.1) is 5.92 Å². The van der Waals surface area contributed by atoms with E-state index in [2.05, 4.69) is 6.92 Å². The van der Waals surface area contributed by atoms with E-state index in [-0.39, 0.29) is 5.75 Å². The number of aromatic hydroxyl groups is 1. The fourth-order valence-corrected chi connectivity index (χ4v) is 1.77. The third-order valence-electron chi connectivity index (χ3n) is 2.53. The molecule has 1 fully saturated rings. The summed E-state index contributed by atoms with van der Waals surface area (Å²) < 4.78 is 0. The van der Waals surface area contributed by atoms with Gasteiger partial charge in [0.25, 0.3) is 0 Å². The van der Waals surface area contributed by atoms with Crippen LogP contribution in [0.25, 0.3) is 0 Å². The Morgan fingerprint density at radius 2 is 2.17 bits per heavy atom. The lowest BCUT2D eigenvalue weighted by Crippen LogP contribution is -1.82. The van der Waals surface area contributed by atoms with Gasteiger partial charge in [0.2, 0.25) is 0 Å². The Bertz CT molecular complexity index is 309. The van der Waals surface area contributed by atoms with E-state index < -0.39 is 0 Å². The van der Waals surface area contributed by atoms with E-state index in [4.69, 9.17) is 11.6 Å². The van der Waals surface area contributed by atoms with Gasteiger partial charge in [-0.2, -0.15) is 0 Å². The average molecular weight is 183 g/mol. The quantitative estimate of drug-likeness (QED) is 0.708. The van der Waals surface area contributed by atoms with E-state index in [0.717, 1.165) is 5.56 Å². The van der Waals surface area contributed by atoms with Crippen LogP contribution in [0.2, 0.25) is 5.02 Å². The number of hydrogen-bond acceptors (Lipinski definition) is 1. The molecule has 0 radical (unpaired) electrons. The third kappa shape index (κ3) is 1.18. The summed E-state index contributed by atoms with van der Waals surface area (Å²) in [6.07, 6.45) is 1.17. The first-order valence-corrected chi connectivity index (χ1v) is 4.55. The number of hydrogen-bond donors (Lipinski definition) is 1. The zero-order valence-corrected chi connectivity index (χ0v) is 7.67. The lowest BCUT2D eigenvalue weighted by atomic mass is 10.1. The maximum Gasteiger partial charge on any atom is 0.137 e. The van der Waals surface area contributed by atoms with E-state index >= 15 is 0 Å². The molecule has 2 atom stereocenters. The van der Waals surface area contributed by atoms with Crippen LogP contribution in [0.15, 0.2) is 18.2 Å². The zero-order valence-electron chi connectivity index (χ0n) is 6.92. The number of benzene rings is 1. The predicted molar refractivity (Wildman–Crippen MR) is 49.6 cm³/mol. The molecule has 0 aromatic heterocycles. The van der Waals surface area contributed by atoms with Crippen molar-refractivity contribution < 1.29 is 5.11 Å². The Morgan fingerprint density at radius 1 is 1.50 bits per heavy atom. The fraction of sp³-hybridized carbons (Fsp3) is 0.400. The Labute approximate surface area is 77.0 Å². The highest BCUT2D eigenvalue weighted by molar-refractivity contribution is 6.32. The first-order valence-electron chi connectivity index (χ1n) is 4.17. The largest absolute Gasteiger partial charge is 0.506 e. The lowest BCUT2D eigenvalue weighted by molar-refractivity contribution is 0.468. The molecule has 1 aliphatic carbocycles. The van der Waals surface area contributed by atoms with Gasteiger partial charge in [-0.15, -0.1) is 0 Å². The minimum absolute atomic E-state index is 0.272. The van der Waals surface area contributed by atoms with Gasteiger partial charge in [0, 0.05) is 0 Å². The molecule has 1 aliphatic rings. The molecule has 1 aromatic carbocycles. The number of halogens is 1. The van der Waals surface area contributed by atoms with Gasteiger partial charge in [-0.1, -0.05) is 30.7 Å². The molecule has 1 N–H and O–H groups in total. The second-order valence-corrected chi connectivity index (χ2v) is 3.90. The molecule has 12 heavy (non-hydrogen) atoms. The van der Waals surface area contributed by atoms with Gasteiger partial charge in [-0.3, -0.25) is 0 Å². The lowest BCUT2D eigenvalue weighted by Gasteiger charge is -2.03. The van der Waals surface area contributed by atoms with Crippen LogP contribution in [-0.2, 0) is 0 Å². The third-order valence-corrected chi connectivity index (χ3v) is 2.83. The molecule has 0 spiro atoms. The highest BCUT2D eigenvalue weighted by Crippen LogP contribution is 2.50. The molecular weight excluding hydrogens is 172 g/mol. The van der Waals surface area contributed by atoms with Gasteiger partial charge in [0.1, 0.15) is 5.75 Å². The smallest absolute Gasteiger partial charge is 0.137 e. The van der Waals surface area contributed by atoms with Gasteiger partial charge in [-0.25, -0.2) is 0 Å². The van der Waals surface area contributed by atoms with Crippen LogP contribution in [0.4, 0.5) is 0 Å². The van der Waals surface area contributed by atoms with E-state index in [1.807, 2.05) is 12.1 Å². The van der Waals surface area contributed by atoms with Gasteiger partial charge in [-0.05, 0) is 29.9 Å². The molecule has 0 heterocycles. The van der Waals surface area contributed by atoms with Crippen LogP contribution < -0.4 is 0 Å². The highest BCUT2D eigenvalue weighted by Gasteiger charge is 2.35. The normalized spacial score (nSPS) is 27.2. The topological polar surface area (TPSA) is 20.2 Å². The first-order chi connectivity index (χ1) is 5.70. The minimum Gasteiger partial charge on any atom is -0.506 e. The Morgan fingerprint density at radius 3 is 2.75 bits per heavy atom. The SMILES string of the molecule is CC1CC1c1cccc(Cl)c1O. The van der Waals surface area contributed by atoms with E-state index in [1.54, 1.807) is 6.07 Å².